The zero-order valence-corrected chi connectivity index (χ0v) is 4.90. The Morgan fingerprint density at radius 2 is 2.38 bits per heavy atom. The Morgan fingerprint density at radius 1 is 1.62 bits per heavy atom. The number of hydrogen-bond donors (Lipinski definition) is 1. The molecule has 1 N–H and O–H groups in total. The minimum atomic E-state index is 0.151. The van der Waals surface area contributed by atoms with Crippen molar-refractivity contribution in [2.24, 2.45) is 0 Å². The molecule has 44 valence electrons. The van der Waals surface area contributed by atoms with Gasteiger partial charge in [-0.3, -0.25) is 4.79 Å². The monoisotopic (exact) mass is 111 g/mol. The highest BCUT2D eigenvalue weighted by Gasteiger charge is 2.11. The predicted octanol–water partition coefficient (Wildman–Crippen LogP) is 0.800. The smallest absolute Gasteiger partial charge is 0.224 e. The SMILES string of the molecule is C/C=C1/CCC(=O)N1. The summed E-state index contributed by atoms with van der Waals surface area (Å²) >= 11 is 0. The summed E-state index contributed by atoms with van der Waals surface area (Å²) in [5.41, 5.74) is 1.06. The van der Waals surface area contributed by atoms with Crippen molar-refractivity contribution in [3.8, 4) is 0 Å². The van der Waals surface area contributed by atoms with Crippen molar-refractivity contribution in [3.63, 3.8) is 0 Å². The highest BCUT2D eigenvalue weighted by molar-refractivity contribution is 5.80. The van der Waals surface area contributed by atoms with E-state index in [9.17, 15) is 4.79 Å². The summed E-state index contributed by atoms with van der Waals surface area (Å²) in [6, 6.07) is 0. The Kier molecular flexibility index (Phi) is 1.33. The van der Waals surface area contributed by atoms with E-state index < -0.39 is 0 Å². The van der Waals surface area contributed by atoms with Crippen LogP contribution in [-0.4, -0.2) is 5.91 Å². The van der Waals surface area contributed by atoms with Crippen LogP contribution in [0.5, 0.6) is 0 Å². The molecule has 2 heteroatoms. The summed E-state index contributed by atoms with van der Waals surface area (Å²) in [7, 11) is 0. The van der Waals surface area contributed by atoms with Crippen LogP contribution in [0.1, 0.15) is 19.8 Å². The molecule has 0 saturated carbocycles. The molecule has 0 radical (unpaired) electrons. The summed E-state index contributed by atoms with van der Waals surface area (Å²) in [6.45, 7) is 1.93. The number of allylic oxidation sites excluding steroid dienone is 2. The van der Waals surface area contributed by atoms with Crippen molar-refractivity contribution >= 4 is 5.91 Å². The molecule has 0 aliphatic carbocycles. The van der Waals surface area contributed by atoms with Gasteiger partial charge >= 0.3 is 0 Å². The van der Waals surface area contributed by atoms with Crippen molar-refractivity contribution in [2.75, 3.05) is 0 Å². The van der Waals surface area contributed by atoms with Crippen LogP contribution in [0.15, 0.2) is 11.8 Å². The van der Waals surface area contributed by atoms with Gasteiger partial charge in [0.15, 0.2) is 0 Å². The van der Waals surface area contributed by atoms with Crippen molar-refractivity contribution in [1.82, 2.24) is 5.32 Å². The van der Waals surface area contributed by atoms with Crippen LogP contribution < -0.4 is 5.32 Å². The maximum Gasteiger partial charge on any atom is 0.224 e. The van der Waals surface area contributed by atoms with Gasteiger partial charge in [0.1, 0.15) is 0 Å². The number of carbonyl (C=O) groups excluding carboxylic acids is 1. The minimum Gasteiger partial charge on any atom is -0.330 e. The minimum absolute atomic E-state index is 0.151. The molecular weight excluding hydrogens is 102 g/mol. The first-order valence-electron chi connectivity index (χ1n) is 2.78. The first kappa shape index (κ1) is 5.35. The average molecular weight is 111 g/mol. The molecule has 2 nitrogen and oxygen atoms in total. The molecule has 0 aromatic carbocycles. The molecule has 0 aromatic heterocycles. The molecular formula is C6H9NO. The van der Waals surface area contributed by atoms with Crippen LogP contribution in [-0.2, 0) is 4.79 Å². The van der Waals surface area contributed by atoms with Gasteiger partial charge in [-0.25, -0.2) is 0 Å². The maximum absolute atomic E-state index is 10.5. The fourth-order valence-electron chi connectivity index (χ4n) is 0.769. The molecule has 0 spiro atoms. The molecule has 0 atom stereocenters. The van der Waals surface area contributed by atoms with E-state index in [-0.39, 0.29) is 5.91 Å². The molecule has 0 unspecified atom stereocenters. The van der Waals surface area contributed by atoms with Gasteiger partial charge in [-0.1, -0.05) is 6.08 Å². The quantitative estimate of drug-likeness (QED) is 0.492. The number of rotatable bonds is 0. The summed E-state index contributed by atoms with van der Waals surface area (Å²) in [5.74, 6) is 0.151. The summed E-state index contributed by atoms with van der Waals surface area (Å²) < 4.78 is 0. The second-order valence-electron chi connectivity index (χ2n) is 1.86. The van der Waals surface area contributed by atoms with Crippen molar-refractivity contribution in [1.29, 1.82) is 0 Å². The Morgan fingerprint density at radius 3 is 2.62 bits per heavy atom. The lowest BCUT2D eigenvalue weighted by Gasteiger charge is -1.89. The lowest BCUT2D eigenvalue weighted by molar-refractivity contribution is -0.118. The van der Waals surface area contributed by atoms with Crippen LogP contribution in [0, 0.1) is 0 Å². The van der Waals surface area contributed by atoms with E-state index in [1.165, 1.54) is 0 Å². The van der Waals surface area contributed by atoms with Gasteiger partial charge in [-0.05, 0) is 13.3 Å². The zero-order chi connectivity index (χ0) is 5.98. The molecule has 1 heterocycles. The van der Waals surface area contributed by atoms with Gasteiger partial charge in [-0.2, -0.15) is 0 Å². The van der Waals surface area contributed by atoms with E-state index >= 15 is 0 Å². The Labute approximate surface area is 48.6 Å². The molecule has 1 aliphatic rings. The summed E-state index contributed by atoms with van der Waals surface area (Å²) in [6.07, 6.45) is 3.50. The highest BCUT2D eigenvalue weighted by Crippen LogP contribution is 2.08. The van der Waals surface area contributed by atoms with E-state index in [4.69, 9.17) is 0 Å². The molecule has 1 fully saturated rings. The van der Waals surface area contributed by atoms with E-state index in [1.54, 1.807) is 0 Å². The van der Waals surface area contributed by atoms with Crippen LogP contribution in [0.2, 0.25) is 0 Å². The first-order valence-corrected chi connectivity index (χ1v) is 2.78. The molecule has 0 aromatic rings. The topological polar surface area (TPSA) is 29.1 Å². The largest absolute Gasteiger partial charge is 0.330 e. The fourth-order valence-corrected chi connectivity index (χ4v) is 0.769. The lowest BCUT2D eigenvalue weighted by atomic mass is 10.3. The Hall–Kier alpha value is -0.790. The molecule has 8 heavy (non-hydrogen) atoms. The van der Waals surface area contributed by atoms with Crippen molar-refractivity contribution in [2.45, 2.75) is 19.8 Å². The van der Waals surface area contributed by atoms with E-state index in [0.29, 0.717) is 6.42 Å². The number of amides is 1. The first-order chi connectivity index (χ1) is 3.83. The van der Waals surface area contributed by atoms with Crippen LogP contribution in [0.3, 0.4) is 0 Å². The Balaban J connectivity index is 2.56. The number of nitrogens with one attached hydrogen (secondary N) is 1. The molecule has 1 amide bonds. The second-order valence-corrected chi connectivity index (χ2v) is 1.86. The fraction of sp³-hybridized carbons (Fsp3) is 0.500. The van der Waals surface area contributed by atoms with Gasteiger partial charge in [0, 0.05) is 12.1 Å². The molecule has 1 saturated heterocycles. The van der Waals surface area contributed by atoms with Gasteiger partial charge < -0.3 is 5.32 Å². The normalized spacial score (nSPS) is 24.1. The predicted molar refractivity (Wildman–Crippen MR) is 31.1 cm³/mol. The maximum atomic E-state index is 10.5. The van der Waals surface area contributed by atoms with Gasteiger partial charge in [-0.15, -0.1) is 0 Å². The van der Waals surface area contributed by atoms with E-state index in [2.05, 4.69) is 5.32 Å². The van der Waals surface area contributed by atoms with Gasteiger partial charge in [0.2, 0.25) is 5.91 Å². The van der Waals surface area contributed by atoms with Crippen molar-refractivity contribution < 1.29 is 4.79 Å². The van der Waals surface area contributed by atoms with Gasteiger partial charge in [0.25, 0.3) is 0 Å². The third-order valence-electron chi connectivity index (χ3n) is 1.27. The lowest BCUT2D eigenvalue weighted by Crippen LogP contribution is -2.11. The molecule has 1 rings (SSSR count). The van der Waals surface area contributed by atoms with Gasteiger partial charge in [0.05, 0.1) is 0 Å². The van der Waals surface area contributed by atoms with Crippen LogP contribution in [0.25, 0.3) is 0 Å². The second kappa shape index (κ2) is 1.99. The van der Waals surface area contributed by atoms with Crippen molar-refractivity contribution in [3.05, 3.63) is 11.8 Å². The Bertz CT molecular complexity index is 137. The standard InChI is InChI=1S/C6H9NO/c1-2-5-3-4-6(8)7-5/h2H,3-4H2,1H3,(H,7,8)/b5-2-. The molecule has 1 aliphatic heterocycles. The average Bonchev–Trinajstić information content (AvgIpc) is 2.14. The third kappa shape index (κ3) is 0.886. The highest BCUT2D eigenvalue weighted by atomic mass is 16.1. The van der Waals surface area contributed by atoms with E-state index in [1.807, 2.05) is 13.0 Å². The summed E-state index contributed by atoms with van der Waals surface area (Å²) in [4.78, 5) is 10.5. The van der Waals surface area contributed by atoms with E-state index in [0.717, 1.165) is 12.1 Å². The van der Waals surface area contributed by atoms with Crippen LogP contribution in [0.4, 0.5) is 0 Å². The number of hydrogen-bond acceptors (Lipinski definition) is 1. The third-order valence-corrected chi connectivity index (χ3v) is 1.27. The summed E-state index contributed by atoms with van der Waals surface area (Å²) in [5, 5.41) is 2.73. The zero-order valence-electron chi connectivity index (χ0n) is 4.90. The number of carbonyl (C=O) groups is 1. The molecule has 0 bridgehead atoms. The van der Waals surface area contributed by atoms with Crippen LogP contribution >= 0.6 is 0 Å².